The summed E-state index contributed by atoms with van der Waals surface area (Å²) in [6, 6.07) is 4.16. The third-order valence-electron chi connectivity index (χ3n) is 4.05. The SMILES string of the molecule is NCC1(c2cnc3ccncc3c2)CCCC1. The number of hydrogen-bond acceptors (Lipinski definition) is 3. The maximum Gasteiger partial charge on any atom is 0.0732 e. The molecule has 3 rings (SSSR count). The van der Waals surface area contributed by atoms with Gasteiger partial charge in [-0.15, -0.1) is 0 Å². The van der Waals surface area contributed by atoms with Crippen LogP contribution in [0.2, 0.25) is 0 Å². The van der Waals surface area contributed by atoms with Gasteiger partial charge in [0.2, 0.25) is 0 Å². The van der Waals surface area contributed by atoms with Crippen molar-refractivity contribution in [2.24, 2.45) is 5.73 Å². The molecule has 1 saturated carbocycles. The van der Waals surface area contributed by atoms with Crippen molar-refractivity contribution in [3.05, 3.63) is 36.3 Å². The molecule has 0 spiro atoms. The lowest BCUT2D eigenvalue weighted by Gasteiger charge is -2.27. The highest BCUT2D eigenvalue weighted by Gasteiger charge is 2.34. The molecule has 0 radical (unpaired) electrons. The Morgan fingerprint density at radius 3 is 2.82 bits per heavy atom. The number of aromatic nitrogens is 2. The molecule has 0 bridgehead atoms. The van der Waals surface area contributed by atoms with E-state index in [1.54, 1.807) is 6.20 Å². The number of pyridine rings is 2. The number of fused-ring (bicyclic) bond motifs is 1. The lowest BCUT2D eigenvalue weighted by molar-refractivity contribution is 0.452. The van der Waals surface area contributed by atoms with Crippen molar-refractivity contribution >= 4 is 10.9 Å². The molecule has 1 aliphatic carbocycles. The number of rotatable bonds is 2. The monoisotopic (exact) mass is 227 g/mol. The molecule has 0 aliphatic heterocycles. The molecule has 3 heteroatoms. The molecule has 2 N–H and O–H groups in total. The molecule has 1 fully saturated rings. The molecule has 88 valence electrons. The first-order valence-corrected chi connectivity index (χ1v) is 6.24. The summed E-state index contributed by atoms with van der Waals surface area (Å²) in [5.41, 5.74) is 8.46. The summed E-state index contributed by atoms with van der Waals surface area (Å²) in [6.45, 7) is 0.723. The first kappa shape index (κ1) is 10.7. The quantitative estimate of drug-likeness (QED) is 0.857. The second-order valence-corrected chi connectivity index (χ2v) is 4.98. The Morgan fingerprint density at radius 2 is 2.06 bits per heavy atom. The summed E-state index contributed by atoms with van der Waals surface area (Å²) < 4.78 is 0. The molecule has 17 heavy (non-hydrogen) atoms. The maximum absolute atomic E-state index is 6.00. The molecule has 0 atom stereocenters. The molecule has 0 saturated heterocycles. The van der Waals surface area contributed by atoms with Crippen LogP contribution in [0.5, 0.6) is 0 Å². The predicted molar refractivity (Wildman–Crippen MR) is 68.7 cm³/mol. The van der Waals surface area contributed by atoms with Crippen molar-refractivity contribution in [3.8, 4) is 0 Å². The van der Waals surface area contributed by atoms with Crippen LogP contribution in [-0.4, -0.2) is 16.5 Å². The van der Waals surface area contributed by atoms with Crippen molar-refractivity contribution in [3.63, 3.8) is 0 Å². The van der Waals surface area contributed by atoms with Crippen LogP contribution in [-0.2, 0) is 5.41 Å². The molecule has 0 amide bonds. The first-order chi connectivity index (χ1) is 8.34. The van der Waals surface area contributed by atoms with Crippen molar-refractivity contribution in [2.45, 2.75) is 31.1 Å². The van der Waals surface area contributed by atoms with Crippen molar-refractivity contribution in [2.75, 3.05) is 6.54 Å². The summed E-state index contributed by atoms with van der Waals surface area (Å²) in [5, 5.41) is 1.12. The highest BCUT2D eigenvalue weighted by molar-refractivity contribution is 5.77. The maximum atomic E-state index is 6.00. The van der Waals surface area contributed by atoms with Gasteiger partial charge in [0.05, 0.1) is 5.52 Å². The first-order valence-electron chi connectivity index (χ1n) is 6.24. The van der Waals surface area contributed by atoms with Crippen LogP contribution in [0.4, 0.5) is 0 Å². The van der Waals surface area contributed by atoms with Crippen LogP contribution >= 0.6 is 0 Å². The van der Waals surface area contributed by atoms with E-state index >= 15 is 0 Å². The zero-order valence-corrected chi connectivity index (χ0v) is 9.89. The molecular weight excluding hydrogens is 210 g/mol. The van der Waals surface area contributed by atoms with E-state index in [-0.39, 0.29) is 5.41 Å². The smallest absolute Gasteiger partial charge is 0.0732 e. The fourth-order valence-corrected chi connectivity index (χ4v) is 2.92. The summed E-state index contributed by atoms with van der Waals surface area (Å²) in [4.78, 5) is 8.68. The van der Waals surface area contributed by atoms with Crippen molar-refractivity contribution in [1.82, 2.24) is 9.97 Å². The summed E-state index contributed by atoms with van der Waals surface area (Å²) >= 11 is 0. The molecule has 2 aromatic heterocycles. The van der Waals surface area contributed by atoms with E-state index in [0.29, 0.717) is 0 Å². The van der Waals surface area contributed by atoms with Gasteiger partial charge in [-0.3, -0.25) is 9.97 Å². The van der Waals surface area contributed by atoms with Crippen LogP contribution in [0, 0.1) is 0 Å². The second kappa shape index (κ2) is 4.08. The number of nitrogens with two attached hydrogens (primary N) is 1. The third-order valence-corrected chi connectivity index (χ3v) is 4.05. The Hall–Kier alpha value is -1.48. The number of nitrogens with zero attached hydrogens (tertiary/aromatic N) is 2. The van der Waals surface area contributed by atoms with E-state index in [1.165, 1.54) is 31.2 Å². The van der Waals surface area contributed by atoms with Crippen molar-refractivity contribution in [1.29, 1.82) is 0 Å². The summed E-state index contributed by atoms with van der Waals surface area (Å²) in [7, 11) is 0. The van der Waals surface area contributed by atoms with Gasteiger partial charge < -0.3 is 5.73 Å². The lowest BCUT2D eigenvalue weighted by Crippen LogP contribution is -2.32. The van der Waals surface area contributed by atoms with E-state index in [0.717, 1.165) is 17.4 Å². The molecule has 2 aromatic rings. The number of hydrogen-bond donors (Lipinski definition) is 1. The van der Waals surface area contributed by atoms with Gasteiger partial charge in [-0.2, -0.15) is 0 Å². The van der Waals surface area contributed by atoms with Crippen LogP contribution < -0.4 is 5.73 Å². The molecule has 2 heterocycles. The lowest BCUT2D eigenvalue weighted by atomic mass is 9.79. The van der Waals surface area contributed by atoms with E-state index < -0.39 is 0 Å². The minimum Gasteiger partial charge on any atom is -0.330 e. The van der Waals surface area contributed by atoms with Crippen LogP contribution in [0.25, 0.3) is 10.9 Å². The topological polar surface area (TPSA) is 51.8 Å². The highest BCUT2D eigenvalue weighted by atomic mass is 14.7. The fourth-order valence-electron chi connectivity index (χ4n) is 2.92. The summed E-state index contributed by atoms with van der Waals surface area (Å²) in [6.07, 6.45) is 10.6. The van der Waals surface area contributed by atoms with Gasteiger partial charge in [0, 0.05) is 35.9 Å². The Balaban J connectivity index is 2.10. The van der Waals surface area contributed by atoms with Gasteiger partial charge >= 0.3 is 0 Å². The molecule has 0 aromatic carbocycles. The third kappa shape index (κ3) is 1.71. The normalized spacial score (nSPS) is 18.6. The van der Waals surface area contributed by atoms with Gasteiger partial charge in [0.1, 0.15) is 0 Å². The van der Waals surface area contributed by atoms with Crippen molar-refractivity contribution < 1.29 is 0 Å². The highest BCUT2D eigenvalue weighted by Crippen LogP contribution is 2.40. The van der Waals surface area contributed by atoms with Crippen LogP contribution in [0.15, 0.2) is 30.7 Å². The van der Waals surface area contributed by atoms with Gasteiger partial charge in [-0.1, -0.05) is 12.8 Å². The second-order valence-electron chi connectivity index (χ2n) is 4.98. The zero-order valence-electron chi connectivity index (χ0n) is 9.89. The van der Waals surface area contributed by atoms with E-state index in [2.05, 4.69) is 16.0 Å². The fraction of sp³-hybridized carbons (Fsp3) is 0.429. The molecule has 1 aliphatic rings. The minimum atomic E-state index is 0.164. The van der Waals surface area contributed by atoms with Crippen LogP contribution in [0.3, 0.4) is 0 Å². The standard InChI is InChI=1S/C14H17N3/c15-10-14(4-1-2-5-14)12-7-11-8-16-6-3-13(11)17-9-12/h3,6-9H,1-2,4-5,10,15H2. The van der Waals surface area contributed by atoms with Gasteiger partial charge in [0.25, 0.3) is 0 Å². The Bertz CT molecular complexity index is 530. The average Bonchev–Trinajstić information content (AvgIpc) is 2.88. The van der Waals surface area contributed by atoms with Crippen LogP contribution in [0.1, 0.15) is 31.2 Å². The molecule has 0 unspecified atom stereocenters. The van der Waals surface area contributed by atoms with E-state index in [4.69, 9.17) is 5.73 Å². The van der Waals surface area contributed by atoms with E-state index in [9.17, 15) is 0 Å². The summed E-state index contributed by atoms with van der Waals surface area (Å²) in [5.74, 6) is 0. The predicted octanol–water partition coefficient (Wildman–Crippen LogP) is 2.40. The van der Waals surface area contributed by atoms with E-state index in [1.807, 2.05) is 18.5 Å². The Labute approximate surface area is 101 Å². The molecular formula is C14H17N3. The van der Waals surface area contributed by atoms with Gasteiger partial charge in [-0.25, -0.2) is 0 Å². The Kier molecular flexibility index (Phi) is 2.56. The zero-order chi connectivity index (χ0) is 11.7. The van der Waals surface area contributed by atoms with Gasteiger partial charge in [0.15, 0.2) is 0 Å². The largest absolute Gasteiger partial charge is 0.330 e. The molecule has 3 nitrogen and oxygen atoms in total. The Morgan fingerprint density at radius 1 is 1.24 bits per heavy atom. The average molecular weight is 227 g/mol. The van der Waals surface area contributed by atoms with Gasteiger partial charge in [-0.05, 0) is 30.5 Å². The minimum absolute atomic E-state index is 0.164.